The minimum Gasteiger partial charge on any atom is -0.465 e. The minimum absolute atomic E-state index is 0.214. The Balaban J connectivity index is 2.44. The number of carbonyl (C=O) groups is 2. The lowest BCUT2D eigenvalue weighted by atomic mass is 9.98. The fourth-order valence-corrected chi connectivity index (χ4v) is 1.89. The number of carbonyl (C=O) groups excluding carboxylic acids is 2. The molecule has 2 aromatic rings. The molecule has 2 rings (SSSR count). The van der Waals surface area contributed by atoms with Crippen LogP contribution in [0.1, 0.15) is 26.3 Å². The van der Waals surface area contributed by atoms with E-state index in [1.54, 1.807) is 48.5 Å². The van der Waals surface area contributed by atoms with E-state index in [0.717, 1.165) is 4.90 Å². The number of hydrogen-bond acceptors (Lipinski definition) is 4. The smallest absolute Gasteiger partial charge is 0.338 e. The van der Waals surface area contributed by atoms with Crippen molar-refractivity contribution in [1.82, 2.24) is 0 Å². The monoisotopic (exact) mass is 272 g/mol. The number of hydrogen-bond donors (Lipinski definition) is 1. The third kappa shape index (κ3) is 2.85. The van der Waals surface area contributed by atoms with E-state index >= 15 is 0 Å². The highest BCUT2D eigenvalue weighted by molar-refractivity contribution is 7.80. The Morgan fingerprint density at radius 2 is 1.53 bits per heavy atom. The molecule has 0 aliphatic heterocycles. The zero-order valence-corrected chi connectivity index (χ0v) is 11.2. The molecule has 19 heavy (non-hydrogen) atoms. The molecule has 0 aliphatic carbocycles. The zero-order valence-electron chi connectivity index (χ0n) is 10.3. The molecule has 0 aromatic heterocycles. The van der Waals surface area contributed by atoms with Crippen LogP contribution in [0.25, 0.3) is 0 Å². The van der Waals surface area contributed by atoms with Gasteiger partial charge in [-0.05, 0) is 30.3 Å². The highest BCUT2D eigenvalue weighted by Gasteiger charge is 2.18. The second-order valence-corrected chi connectivity index (χ2v) is 4.43. The van der Waals surface area contributed by atoms with Crippen molar-refractivity contribution in [3.8, 4) is 0 Å². The average molecular weight is 272 g/mol. The van der Waals surface area contributed by atoms with Crippen LogP contribution in [0.15, 0.2) is 53.4 Å². The van der Waals surface area contributed by atoms with Gasteiger partial charge in [0.15, 0.2) is 5.78 Å². The van der Waals surface area contributed by atoms with Crippen molar-refractivity contribution in [3.63, 3.8) is 0 Å². The van der Waals surface area contributed by atoms with E-state index in [-0.39, 0.29) is 11.3 Å². The first-order valence-corrected chi connectivity index (χ1v) is 6.09. The Morgan fingerprint density at radius 1 is 0.947 bits per heavy atom. The summed E-state index contributed by atoms with van der Waals surface area (Å²) in [5, 5.41) is 0. The summed E-state index contributed by atoms with van der Waals surface area (Å²) in [4.78, 5) is 24.8. The number of ketones is 1. The second kappa shape index (κ2) is 5.71. The van der Waals surface area contributed by atoms with Gasteiger partial charge in [-0.1, -0.05) is 18.2 Å². The molecule has 0 bridgehead atoms. The van der Waals surface area contributed by atoms with Gasteiger partial charge in [0.2, 0.25) is 0 Å². The second-order valence-electron chi connectivity index (χ2n) is 3.91. The number of thiol groups is 1. The Kier molecular flexibility index (Phi) is 4.02. The van der Waals surface area contributed by atoms with E-state index in [1.807, 2.05) is 0 Å². The fourth-order valence-electron chi connectivity index (χ4n) is 1.74. The molecule has 0 saturated heterocycles. The third-order valence-electron chi connectivity index (χ3n) is 2.71. The minimum atomic E-state index is -0.519. The van der Waals surface area contributed by atoms with Crippen LogP contribution < -0.4 is 0 Å². The van der Waals surface area contributed by atoms with Crippen molar-refractivity contribution < 1.29 is 14.3 Å². The van der Waals surface area contributed by atoms with Gasteiger partial charge in [0.25, 0.3) is 0 Å². The Labute approximate surface area is 116 Å². The van der Waals surface area contributed by atoms with Gasteiger partial charge in [-0.3, -0.25) is 4.79 Å². The summed E-state index contributed by atoms with van der Waals surface area (Å²) in [6, 6.07) is 13.4. The molecule has 0 atom stereocenters. The van der Waals surface area contributed by atoms with Crippen LogP contribution >= 0.6 is 12.6 Å². The van der Waals surface area contributed by atoms with Crippen molar-refractivity contribution in [3.05, 3.63) is 65.2 Å². The van der Waals surface area contributed by atoms with Crippen molar-refractivity contribution >= 4 is 24.4 Å². The van der Waals surface area contributed by atoms with E-state index in [2.05, 4.69) is 17.4 Å². The SMILES string of the molecule is COC(=O)c1ccccc1C(=O)c1ccc(S)cc1. The molecule has 0 amide bonds. The summed E-state index contributed by atoms with van der Waals surface area (Å²) < 4.78 is 4.68. The van der Waals surface area contributed by atoms with Gasteiger partial charge >= 0.3 is 5.97 Å². The molecular weight excluding hydrogens is 260 g/mol. The molecule has 4 heteroatoms. The Bertz CT molecular complexity index is 618. The quantitative estimate of drug-likeness (QED) is 0.530. The zero-order chi connectivity index (χ0) is 13.8. The lowest BCUT2D eigenvalue weighted by molar-refractivity contribution is 0.0597. The molecule has 0 unspecified atom stereocenters. The van der Waals surface area contributed by atoms with Gasteiger partial charge in [0.05, 0.1) is 12.7 Å². The van der Waals surface area contributed by atoms with Crippen LogP contribution in [0.5, 0.6) is 0 Å². The van der Waals surface area contributed by atoms with Gasteiger partial charge in [-0.15, -0.1) is 12.6 Å². The average Bonchev–Trinajstić information content (AvgIpc) is 2.46. The standard InChI is InChI=1S/C15H12O3S/c1-18-15(17)13-5-3-2-4-12(13)14(16)10-6-8-11(19)9-7-10/h2-9,19H,1H3. The maximum absolute atomic E-state index is 12.4. The highest BCUT2D eigenvalue weighted by atomic mass is 32.1. The predicted molar refractivity (Wildman–Crippen MR) is 74.9 cm³/mol. The van der Waals surface area contributed by atoms with Gasteiger partial charge in [0.1, 0.15) is 0 Å². The van der Waals surface area contributed by atoms with E-state index in [9.17, 15) is 9.59 Å². The third-order valence-corrected chi connectivity index (χ3v) is 3.00. The van der Waals surface area contributed by atoms with Crippen molar-refractivity contribution in [1.29, 1.82) is 0 Å². The summed E-state index contributed by atoms with van der Waals surface area (Å²) in [6.07, 6.45) is 0. The lowest BCUT2D eigenvalue weighted by Gasteiger charge is -2.07. The number of esters is 1. The first-order chi connectivity index (χ1) is 9.13. The van der Waals surface area contributed by atoms with Crippen LogP contribution in [0.4, 0.5) is 0 Å². The number of benzene rings is 2. The molecule has 96 valence electrons. The van der Waals surface area contributed by atoms with Gasteiger partial charge in [0, 0.05) is 16.0 Å². The van der Waals surface area contributed by atoms with Crippen LogP contribution in [0, 0.1) is 0 Å². The van der Waals surface area contributed by atoms with E-state index in [1.165, 1.54) is 7.11 Å². The summed E-state index contributed by atoms with van der Waals surface area (Å²) in [5.41, 5.74) is 1.11. The largest absolute Gasteiger partial charge is 0.465 e. The summed E-state index contributed by atoms with van der Waals surface area (Å²) in [6.45, 7) is 0. The lowest BCUT2D eigenvalue weighted by Crippen LogP contribution is -2.11. The molecular formula is C15H12O3S. The topological polar surface area (TPSA) is 43.4 Å². The molecule has 2 aromatic carbocycles. The highest BCUT2D eigenvalue weighted by Crippen LogP contribution is 2.17. The summed E-state index contributed by atoms with van der Waals surface area (Å²) in [7, 11) is 1.29. The summed E-state index contributed by atoms with van der Waals surface area (Å²) >= 11 is 4.17. The molecule has 0 aliphatic rings. The number of ether oxygens (including phenoxy) is 1. The van der Waals surface area contributed by atoms with Crippen molar-refractivity contribution in [2.45, 2.75) is 4.90 Å². The van der Waals surface area contributed by atoms with Crippen molar-refractivity contribution in [2.24, 2.45) is 0 Å². The molecule has 0 heterocycles. The predicted octanol–water partition coefficient (Wildman–Crippen LogP) is 2.99. The molecule has 0 fully saturated rings. The van der Waals surface area contributed by atoms with Gasteiger partial charge in [-0.25, -0.2) is 4.79 Å². The Morgan fingerprint density at radius 3 is 2.11 bits per heavy atom. The van der Waals surface area contributed by atoms with Crippen molar-refractivity contribution in [2.75, 3.05) is 7.11 Å². The number of methoxy groups -OCH3 is 1. The van der Waals surface area contributed by atoms with E-state index < -0.39 is 5.97 Å². The van der Waals surface area contributed by atoms with Crippen LogP contribution in [0.3, 0.4) is 0 Å². The maximum atomic E-state index is 12.4. The Hall–Kier alpha value is -2.07. The molecule has 0 spiro atoms. The maximum Gasteiger partial charge on any atom is 0.338 e. The number of rotatable bonds is 3. The normalized spacial score (nSPS) is 10.0. The van der Waals surface area contributed by atoms with Crippen LogP contribution in [0.2, 0.25) is 0 Å². The molecule has 3 nitrogen and oxygen atoms in total. The summed E-state index contributed by atoms with van der Waals surface area (Å²) in [5.74, 6) is -0.732. The van der Waals surface area contributed by atoms with Crippen LogP contribution in [-0.4, -0.2) is 18.9 Å². The fraction of sp³-hybridized carbons (Fsp3) is 0.0667. The molecule has 0 saturated carbocycles. The molecule has 0 N–H and O–H groups in total. The first kappa shape index (κ1) is 13.4. The first-order valence-electron chi connectivity index (χ1n) is 5.64. The van der Waals surface area contributed by atoms with Crippen LogP contribution in [-0.2, 0) is 4.74 Å². The molecule has 0 radical (unpaired) electrons. The van der Waals surface area contributed by atoms with Gasteiger partial charge in [-0.2, -0.15) is 0 Å². The van der Waals surface area contributed by atoms with Gasteiger partial charge < -0.3 is 4.74 Å². The van der Waals surface area contributed by atoms with E-state index in [4.69, 9.17) is 0 Å². The van der Waals surface area contributed by atoms with E-state index in [0.29, 0.717) is 11.1 Å².